The number of benzene rings is 1. The second kappa shape index (κ2) is 4.06. The molecule has 0 saturated carbocycles. The van der Waals surface area contributed by atoms with Crippen LogP contribution in [-0.2, 0) is 4.79 Å². The fraction of sp³-hybridized carbons (Fsp3) is 0.125. The second-order valence-corrected chi connectivity index (χ2v) is 2.96. The third-order valence-corrected chi connectivity index (χ3v) is 1.89. The van der Waals surface area contributed by atoms with Crippen molar-refractivity contribution in [2.45, 2.75) is 6.92 Å². The number of carbonyl (C=O) groups excluding carboxylic acids is 1. The van der Waals surface area contributed by atoms with Gasteiger partial charge in [-0.25, -0.2) is 0 Å². The lowest BCUT2D eigenvalue weighted by atomic mass is 10.2. The van der Waals surface area contributed by atoms with Crippen molar-refractivity contribution in [1.29, 1.82) is 0 Å². The summed E-state index contributed by atoms with van der Waals surface area (Å²) in [5, 5.41) is 10.7. The van der Waals surface area contributed by atoms with Crippen molar-refractivity contribution < 1.29 is 14.5 Å². The van der Waals surface area contributed by atoms with Crippen molar-refractivity contribution in [1.82, 2.24) is 0 Å². The van der Waals surface area contributed by atoms with Crippen LogP contribution in [-0.4, -0.2) is 11.4 Å². The van der Waals surface area contributed by atoms with Crippen LogP contribution in [0.5, 0.6) is 5.75 Å². The predicted molar refractivity (Wildman–Crippen MR) is 49.5 cm³/mol. The molecule has 0 aliphatic carbocycles. The molecule has 0 spiro atoms. The zero-order valence-electron chi connectivity index (χ0n) is 7.19. The van der Waals surface area contributed by atoms with Gasteiger partial charge in [0.1, 0.15) is 5.75 Å². The first-order chi connectivity index (χ1) is 6.56. The number of carbonyl (C=O) groups is 1. The van der Waals surface area contributed by atoms with Crippen LogP contribution in [0, 0.1) is 17.0 Å². The lowest BCUT2D eigenvalue weighted by Crippen LogP contribution is -1.97. The maximum absolute atomic E-state index is 10.5. The highest BCUT2D eigenvalue weighted by atomic mass is 35.5. The predicted octanol–water partition coefficient (Wildman–Crippen LogP) is 2.09. The number of halogens is 1. The average Bonchev–Trinajstić information content (AvgIpc) is 2.10. The minimum Gasteiger partial charge on any atom is -0.428 e. The van der Waals surface area contributed by atoms with Crippen molar-refractivity contribution >= 4 is 23.8 Å². The van der Waals surface area contributed by atoms with E-state index in [0.29, 0.717) is 0 Å². The molecule has 0 fully saturated rings. The molecule has 0 bridgehead atoms. The van der Waals surface area contributed by atoms with Crippen LogP contribution in [0.15, 0.2) is 12.1 Å². The first kappa shape index (κ1) is 10.5. The van der Waals surface area contributed by atoms with Gasteiger partial charge in [-0.15, -0.1) is 0 Å². The van der Waals surface area contributed by atoms with Crippen molar-refractivity contribution in [3.63, 3.8) is 0 Å². The average molecular weight is 216 g/mol. The summed E-state index contributed by atoms with van der Waals surface area (Å²) in [6.07, 6.45) is 0. The number of hydrogen-bond donors (Lipinski definition) is 0. The Balaban J connectivity index is 3.31. The second-order valence-electron chi connectivity index (χ2n) is 2.52. The summed E-state index contributed by atoms with van der Waals surface area (Å²) in [6, 6.07) is 2.55. The molecule has 0 saturated heterocycles. The maximum Gasteiger partial charge on any atom is 0.298 e. The molecule has 0 atom stereocenters. The zero-order valence-corrected chi connectivity index (χ0v) is 7.95. The molecule has 0 heterocycles. The van der Waals surface area contributed by atoms with Gasteiger partial charge in [-0.2, -0.15) is 0 Å². The number of rotatable bonds is 3. The van der Waals surface area contributed by atoms with Gasteiger partial charge in [-0.1, -0.05) is 11.6 Å². The highest BCUT2D eigenvalue weighted by Crippen LogP contribution is 2.31. The normalized spacial score (nSPS) is 9.57. The standard InChI is InChI=1S/C8H6ClNO4/c1-5-7(10(12)13)2-6(9)3-8(5)14-4-11/h2-4H,1H3. The Morgan fingerprint density at radius 2 is 2.21 bits per heavy atom. The van der Waals surface area contributed by atoms with Gasteiger partial charge in [0.2, 0.25) is 0 Å². The summed E-state index contributed by atoms with van der Waals surface area (Å²) < 4.78 is 4.54. The summed E-state index contributed by atoms with van der Waals surface area (Å²) in [4.78, 5) is 20.0. The molecule has 0 amide bonds. The van der Waals surface area contributed by atoms with E-state index in [9.17, 15) is 14.9 Å². The molecule has 5 nitrogen and oxygen atoms in total. The Morgan fingerprint density at radius 1 is 1.57 bits per heavy atom. The summed E-state index contributed by atoms with van der Waals surface area (Å²) >= 11 is 5.60. The molecule has 1 rings (SSSR count). The van der Waals surface area contributed by atoms with Crippen molar-refractivity contribution in [2.75, 3.05) is 0 Å². The molecule has 0 radical (unpaired) electrons. The Bertz CT molecular complexity index is 391. The van der Waals surface area contributed by atoms with Crippen LogP contribution in [0.1, 0.15) is 5.56 Å². The Hall–Kier alpha value is -1.62. The van der Waals surface area contributed by atoms with E-state index >= 15 is 0 Å². The van der Waals surface area contributed by atoms with Gasteiger partial charge < -0.3 is 4.74 Å². The van der Waals surface area contributed by atoms with E-state index in [4.69, 9.17) is 11.6 Å². The van der Waals surface area contributed by atoms with Crippen LogP contribution < -0.4 is 4.74 Å². The van der Waals surface area contributed by atoms with Gasteiger partial charge in [-0.05, 0) is 6.92 Å². The minimum atomic E-state index is -0.584. The van der Waals surface area contributed by atoms with Crippen molar-refractivity contribution in [3.05, 3.63) is 32.8 Å². The molecule has 1 aromatic carbocycles. The molecule has 0 aromatic heterocycles. The van der Waals surface area contributed by atoms with E-state index < -0.39 is 4.92 Å². The molecular formula is C8H6ClNO4. The van der Waals surface area contributed by atoms with Crippen LogP contribution in [0.3, 0.4) is 0 Å². The van der Waals surface area contributed by atoms with Crippen LogP contribution in [0.4, 0.5) is 5.69 Å². The van der Waals surface area contributed by atoms with E-state index in [1.807, 2.05) is 0 Å². The summed E-state index contributed by atoms with van der Waals surface area (Å²) in [7, 11) is 0. The number of hydrogen-bond acceptors (Lipinski definition) is 4. The SMILES string of the molecule is Cc1c(OC=O)cc(Cl)cc1[N+](=O)[O-]. The Morgan fingerprint density at radius 3 is 2.71 bits per heavy atom. The third kappa shape index (κ3) is 2.00. The molecule has 0 unspecified atom stereocenters. The number of ether oxygens (including phenoxy) is 1. The lowest BCUT2D eigenvalue weighted by Gasteiger charge is -2.03. The zero-order chi connectivity index (χ0) is 10.7. The number of nitro benzene ring substituents is 1. The van der Waals surface area contributed by atoms with Gasteiger partial charge in [-0.3, -0.25) is 14.9 Å². The summed E-state index contributed by atoms with van der Waals surface area (Å²) in [5.74, 6) is 0.0965. The Labute approximate surface area is 84.4 Å². The summed E-state index contributed by atoms with van der Waals surface area (Å²) in [6.45, 7) is 1.68. The van der Waals surface area contributed by atoms with Crippen LogP contribution >= 0.6 is 11.6 Å². The maximum atomic E-state index is 10.5. The van der Waals surface area contributed by atoms with E-state index in [0.717, 1.165) is 0 Å². The highest BCUT2D eigenvalue weighted by Gasteiger charge is 2.16. The minimum absolute atomic E-state index is 0.0965. The first-order valence-corrected chi connectivity index (χ1v) is 3.99. The number of nitro groups is 1. The number of nitrogens with zero attached hydrogens (tertiary/aromatic N) is 1. The topological polar surface area (TPSA) is 69.4 Å². The monoisotopic (exact) mass is 215 g/mol. The van der Waals surface area contributed by atoms with Crippen molar-refractivity contribution in [3.8, 4) is 5.75 Å². The van der Waals surface area contributed by atoms with Crippen LogP contribution in [0.25, 0.3) is 0 Å². The molecule has 14 heavy (non-hydrogen) atoms. The van der Waals surface area contributed by atoms with Gasteiger partial charge in [0.05, 0.1) is 15.5 Å². The first-order valence-electron chi connectivity index (χ1n) is 3.61. The van der Waals surface area contributed by atoms with Crippen molar-refractivity contribution in [2.24, 2.45) is 0 Å². The van der Waals surface area contributed by atoms with E-state index in [-0.39, 0.29) is 28.5 Å². The van der Waals surface area contributed by atoms with Crippen LogP contribution in [0.2, 0.25) is 5.02 Å². The fourth-order valence-corrected chi connectivity index (χ4v) is 1.21. The largest absolute Gasteiger partial charge is 0.428 e. The highest BCUT2D eigenvalue weighted by molar-refractivity contribution is 6.31. The lowest BCUT2D eigenvalue weighted by molar-refractivity contribution is -0.385. The fourth-order valence-electron chi connectivity index (χ4n) is 1.00. The molecule has 0 aliphatic heterocycles. The molecule has 0 N–H and O–H groups in total. The third-order valence-electron chi connectivity index (χ3n) is 1.67. The molecule has 6 heteroatoms. The molecule has 74 valence electrons. The van der Waals surface area contributed by atoms with E-state index in [1.165, 1.54) is 19.1 Å². The van der Waals surface area contributed by atoms with E-state index in [1.54, 1.807) is 0 Å². The molecule has 0 aliphatic rings. The quantitative estimate of drug-likeness (QED) is 0.440. The van der Waals surface area contributed by atoms with Gasteiger partial charge in [0, 0.05) is 12.1 Å². The molecular weight excluding hydrogens is 210 g/mol. The van der Waals surface area contributed by atoms with Gasteiger partial charge in [0.25, 0.3) is 12.2 Å². The summed E-state index contributed by atoms with van der Waals surface area (Å²) in [5.41, 5.74) is 0.0980. The molecule has 1 aromatic rings. The smallest absolute Gasteiger partial charge is 0.298 e. The van der Waals surface area contributed by atoms with E-state index in [2.05, 4.69) is 4.74 Å². The Kier molecular flexibility index (Phi) is 3.03. The van der Waals surface area contributed by atoms with Gasteiger partial charge in [0.15, 0.2) is 0 Å². The van der Waals surface area contributed by atoms with Gasteiger partial charge >= 0.3 is 0 Å².